The minimum atomic E-state index is -0.304. The van der Waals surface area contributed by atoms with E-state index >= 15 is 0 Å². The Kier molecular flexibility index (Phi) is 4.44. The van der Waals surface area contributed by atoms with Crippen molar-refractivity contribution in [3.05, 3.63) is 53.9 Å². The van der Waals surface area contributed by atoms with Crippen LogP contribution in [0.5, 0.6) is 5.75 Å². The summed E-state index contributed by atoms with van der Waals surface area (Å²) in [5.74, 6) is 0.220. The molecule has 0 aliphatic rings. The molecule has 0 atom stereocenters. The van der Waals surface area contributed by atoms with Gasteiger partial charge < -0.3 is 10.1 Å². The lowest BCUT2D eigenvalue weighted by molar-refractivity contribution is 0.102. The highest BCUT2D eigenvalue weighted by Gasteiger charge is 2.10. The fraction of sp³-hybridized carbons (Fsp3) is 0.133. The Morgan fingerprint density at radius 2 is 2.25 bits per heavy atom. The molecule has 1 amide bonds. The van der Waals surface area contributed by atoms with Crippen LogP contribution in [0.3, 0.4) is 0 Å². The molecular weight excluding hydrogens is 256 g/mol. The van der Waals surface area contributed by atoms with E-state index in [-0.39, 0.29) is 5.91 Å². The number of ether oxygens (including phenoxy) is 1. The Balaban J connectivity index is 2.27. The zero-order valence-electron chi connectivity index (χ0n) is 11.0. The summed E-state index contributed by atoms with van der Waals surface area (Å²) in [6.45, 7) is 2.32. The SMILES string of the molecule is CCOc1ccc(C=O)cc1NC(=O)c1cccnc1. The molecule has 102 valence electrons. The Bertz CT molecular complexity index is 612. The maximum absolute atomic E-state index is 12.1. The standard InChI is InChI=1S/C15H14N2O3/c1-2-20-14-6-5-11(10-18)8-13(14)17-15(19)12-4-3-7-16-9-12/h3-10H,2H2,1H3,(H,17,19). The van der Waals surface area contributed by atoms with Crippen molar-refractivity contribution in [3.8, 4) is 5.75 Å². The molecule has 0 radical (unpaired) electrons. The van der Waals surface area contributed by atoms with Gasteiger partial charge in [-0.05, 0) is 37.3 Å². The van der Waals surface area contributed by atoms with Crippen molar-refractivity contribution < 1.29 is 14.3 Å². The number of hydrogen-bond donors (Lipinski definition) is 1. The van der Waals surface area contributed by atoms with Crippen LogP contribution in [-0.2, 0) is 0 Å². The van der Waals surface area contributed by atoms with Crippen molar-refractivity contribution in [1.29, 1.82) is 0 Å². The van der Waals surface area contributed by atoms with E-state index in [0.29, 0.717) is 29.2 Å². The van der Waals surface area contributed by atoms with E-state index in [2.05, 4.69) is 10.3 Å². The molecule has 2 aromatic rings. The van der Waals surface area contributed by atoms with Gasteiger partial charge in [-0.3, -0.25) is 14.6 Å². The number of pyridine rings is 1. The van der Waals surface area contributed by atoms with Crippen LogP contribution in [0.1, 0.15) is 27.6 Å². The molecule has 1 heterocycles. The fourth-order valence-corrected chi connectivity index (χ4v) is 1.69. The number of amides is 1. The van der Waals surface area contributed by atoms with Gasteiger partial charge in [0.1, 0.15) is 12.0 Å². The molecule has 0 bridgehead atoms. The number of carbonyl (C=O) groups is 2. The molecule has 0 saturated carbocycles. The average molecular weight is 270 g/mol. The molecule has 0 aliphatic carbocycles. The lowest BCUT2D eigenvalue weighted by Crippen LogP contribution is -2.13. The van der Waals surface area contributed by atoms with Crippen molar-refractivity contribution in [2.75, 3.05) is 11.9 Å². The number of hydrogen-bond acceptors (Lipinski definition) is 4. The van der Waals surface area contributed by atoms with E-state index in [0.717, 1.165) is 6.29 Å². The second-order valence-corrected chi connectivity index (χ2v) is 4.00. The summed E-state index contributed by atoms with van der Waals surface area (Å²) < 4.78 is 5.43. The minimum absolute atomic E-state index is 0.304. The van der Waals surface area contributed by atoms with Gasteiger partial charge in [0.05, 0.1) is 17.9 Å². The number of carbonyl (C=O) groups excluding carboxylic acids is 2. The Labute approximate surface area is 116 Å². The number of nitrogens with zero attached hydrogens (tertiary/aromatic N) is 1. The monoisotopic (exact) mass is 270 g/mol. The smallest absolute Gasteiger partial charge is 0.257 e. The topological polar surface area (TPSA) is 68.3 Å². The first kappa shape index (κ1) is 13.7. The van der Waals surface area contributed by atoms with Crippen LogP contribution in [0.4, 0.5) is 5.69 Å². The minimum Gasteiger partial charge on any atom is -0.492 e. The van der Waals surface area contributed by atoms with Crippen molar-refractivity contribution in [1.82, 2.24) is 4.98 Å². The predicted octanol–water partition coefficient (Wildman–Crippen LogP) is 2.55. The van der Waals surface area contributed by atoms with Crippen molar-refractivity contribution >= 4 is 17.9 Å². The van der Waals surface area contributed by atoms with E-state index in [9.17, 15) is 9.59 Å². The summed E-state index contributed by atoms with van der Waals surface area (Å²) in [6.07, 6.45) is 3.78. The highest BCUT2D eigenvalue weighted by Crippen LogP contribution is 2.26. The number of nitrogens with one attached hydrogen (secondary N) is 1. The highest BCUT2D eigenvalue weighted by atomic mass is 16.5. The maximum Gasteiger partial charge on any atom is 0.257 e. The van der Waals surface area contributed by atoms with Crippen LogP contribution in [0, 0.1) is 0 Å². The normalized spacial score (nSPS) is 9.85. The van der Waals surface area contributed by atoms with Gasteiger partial charge >= 0.3 is 0 Å². The second-order valence-electron chi connectivity index (χ2n) is 4.00. The van der Waals surface area contributed by atoms with E-state index in [4.69, 9.17) is 4.74 Å². The van der Waals surface area contributed by atoms with Crippen molar-refractivity contribution in [2.24, 2.45) is 0 Å². The average Bonchev–Trinajstić information content (AvgIpc) is 2.50. The Morgan fingerprint density at radius 3 is 2.90 bits per heavy atom. The van der Waals surface area contributed by atoms with Gasteiger partial charge in [0.25, 0.3) is 5.91 Å². The largest absolute Gasteiger partial charge is 0.492 e. The third-order valence-corrected chi connectivity index (χ3v) is 2.61. The molecule has 1 N–H and O–H groups in total. The first-order valence-corrected chi connectivity index (χ1v) is 6.18. The lowest BCUT2D eigenvalue weighted by Gasteiger charge is -2.12. The summed E-state index contributed by atoms with van der Waals surface area (Å²) >= 11 is 0. The van der Waals surface area contributed by atoms with Gasteiger partial charge in [0.2, 0.25) is 0 Å². The van der Waals surface area contributed by atoms with E-state index in [1.807, 2.05) is 6.92 Å². The van der Waals surface area contributed by atoms with Gasteiger partial charge in [-0.25, -0.2) is 0 Å². The predicted molar refractivity (Wildman–Crippen MR) is 75.2 cm³/mol. The summed E-state index contributed by atoms with van der Waals surface area (Å²) in [6, 6.07) is 8.21. The van der Waals surface area contributed by atoms with Gasteiger partial charge in [-0.2, -0.15) is 0 Å². The molecule has 1 aromatic heterocycles. The summed E-state index contributed by atoms with van der Waals surface area (Å²) in [5.41, 5.74) is 1.37. The van der Waals surface area contributed by atoms with Crippen LogP contribution in [0.15, 0.2) is 42.7 Å². The molecule has 0 spiro atoms. The first-order valence-electron chi connectivity index (χ1n) is 6.18. The maximum atomic E-state index is 12.1. The summed E-state index contributed by atoms with van der Waals surface area (Å²) in [4.78, 5) is 26.8. The second kappa shape index (κ2) is 6.47. The number of rotatable bonds is 5. The molecule has 1 aromatic carbocycles. The van der Waals surface area contributed by atoms with Crippen LogP contribution in [-0.4, -0.2) is 23.8 Å². The number of anilines is 1. The summed E-state index contributed by atoms with van der Waals surface area (Å²) in [5, 5.41) is 2.72. The third-order valence-electron chi connectivity index (χ3n) is 2.61. The van der Waals surface area contributed by atoms with Crippen LogP contribution in [0.25, 0.3) is 0 Å². The van der Waals surface area contributed by atoms with Gasteiger partial charge in [0.15, 0.2) is 0 Å². The lowest BCUT2D eigenvalue weighted by atomic mass is 10.2. The van der Waals surface area contributed by atoms with Gasteiger partial charge in [0, 0.05) is 18.0 Å². The molecule has 0 fully saturated rings. The molecule has 0 saturated heterocycles. The zero-order valence-corrected chi connectivity index (χ0v) is 11.0. The van der Waals surface area contributed by atoms with Crippen molar-refractivity contribution in [3.63, 3.8) is 0 Å². The van der Waals surface area contributed by atoms with E-state index in [1.165, 1.54) is 6.20 Å². The van der Waals surface area contributed by atoms with Crippen molar-refractivity contribution in [2.45, 2.75) is 6.92 Å². The Hall–Kier alpha value is -2.69. The fourth-order valence-electron chi connectivity index (χ4n) is 1.69. The van der Waals surface area contributed by atoms with E-state index < -0.39 is 0 Å². The zero-order chi connectivity index (χ0) is 14.4. The molecule has 2 rings (SSSR count). The first-order chi connectivity index (χ1) is 9.74. The molecule has 20 heavy (non-hydrogen) atoms. The third kappa shape index (κ3) is 3.20. The Morgan fingerprint density at radius 1 is 1.40 bits per heavy atom. The molecule has 5 heteroatoms. The van der Waals surface area contributed by atoms with E-state index in [1.54, 1.807) is 36.5 Å². The van der Waals surface area contributed by atoms with Gasteiger partial charge in [-0.1, -0.05) is 0 Å². The molecular formula is C15H14N2O3. The van der Waals surface area contributed by atoms with Crippen LogP contribution < -0.4 is 10.1 Å². The molecule has 0 aliphatic heterocycles. The van der Waals surface area contributed by atoms with Crippen LogP contribution in [0.2, 0.25) is 0 Å². The molecule has 5 nitrogen and oxygen atoms in total. The highest BCUT2D eigenvalue weighted by molar-refractivity contribution is 6.05. The number of aldehydes is 1. The summed E-state index contributed by atoms with van der Waals surface area (Å²) in [7, 11) is 0. The number of aromatic nitrogens is 1. The van der Waals surface area contributed by atoms with Gasteiger partial charge in [-0.15, -0.1) is 0 Å². The number of benzene rings is 1. The van der Waals surface area contributed by atoms with Crippen LogP contribution >= 0.6 is 0 Å². The quantitative estimate of drug-likeness (QED) is 0.848. The molecule has 0 unspecified atom stereocenters.